The van der Waals surface area contributed by atoms with Gasteiger partial charge < -0.3 is 5.11 Å². The Morgan fingerprint density at radius 3 is 2.00 bits per heavy atom. The molecule has 0 aliphatic carbocycles. The summed E-state index contributed by atoms with van der Waals surface area (Å²) >= 11 is 6.47. The molecule has 0 unspecified atom stereocenters. The van der Waals surface area contributed by atoms with Crippen LogP contribution in [0.3, 0.4) is 0 Å². The van der Waals surface area contributed by atoms with Gasteiger partial charge in [-0.1, -0.05) is 76.6 Å². The summed E-state index contributed by atoms with van der Waals surface area (Å²) in [5, 5.41) is 21.4. The second-order valence-corrected chi connectivity index (χ2v) is 8.97. The van der Waals surface area contributed by atoms with E-state index < -0.39 is 0 Å². The Morgan fingerprint density at radius 1 is 0.920 bits per heavy atom. The zero-order valence-corrected chi connectivity index (χ0v) is 16.3. The second-order valence-electron chi connectivity index (χ2n) is 8.59. The van der Waals surface area contributed by atoms with Crippen LogP contribution in [-0.2, 0) is 10.8 Å². The smallest absolute Gasteiger partial charge is 0.137 e. The van der Waals surface area contributed by atoms with Crippen molar-refractivity contribution in [2.24, 2.45) is 0 Å². The van der Waals surface area contributed by atoms with E-state index >= 15 is 0 Å². The fourth-order valence-corrected chi connectivity index (χ4v) is 3.11. The van der Waals surface area contributed by atoms with Gasteiger partial charge in [-0.05, 0) is 27.5 Å². The molecule has 25 heavy (non-hydrogen) atoms. The molecule has 0 aliphatic heterocycles. The maximum Gasteiger partial charge on any atom is 0.137 e. The van der Waals surface area contributed by atoms with E-state index in [1.165, 1.54) is 11.1 Å². The Hall–Kier alpha value is -2.07. The van der Waals surface area contributed by atoms with Crippen molar-refractivity contribution >= 4 is 22.6 Å². The number of rotatable bonds is 1. The molecule has 2 N–H and O–H groups in total. The lowest BCUT2D eigenvalue weighted by atomic mass is 9.79. The highest BCUT2D eigenvalue weighted by Crippen LogP contribution is 2.42. The number of phenols is 1. The maximum absolute atomic E-state index is 10.2. The minimum atomic E-state index is -0.0117. The highest BCUT2D eigenvalue weighted by atomic mass is 35.5. The number of halogens is 1. The third-order valence-electron chi connectivity index (χ3n) is 4.49. The van der Waals surface area contributed by atoms with Gasteiger partial charge in [0, 0.05) is 11.6 Å². The summed E-state index contributed by atoms with van der Waals surface area (Å²) in [4.78, 5) is 0. The molecule has 4 nitrogen and oxygen atoms in total. The standard InChI is InChI=1S/C20H24ClN3O/c1-19(2,3)12-7-11(8-13(9-12)20(4,5)6)16-17(21)15(25)10-14-18(16)23-24-22-14/h7-10,25H,1-6H3,(H,22,23,24). The van der Waals surface area contributed by atoms with Crippen molar-refractivity contribution < 1.29 is 5.11 Å². The first kappa shape index (κ1) is 17.7. The van der Waals surface area contributed by atoms with Crippen LogP contribution in [0.15, 0.2) is 24.3 Å². The predicted octanol–water partition coefficient (Wildman–Crippen LogP) is 5.58. The van der Waals surface area contributed by atoms with Crippen LogP contribution in [0, 0.1) is 0 Å². The monoisotopic (exact) mass is 357 g/mol. The normalized spacial score (nSPS) is 12.8. The Balaban J connectivity index is 2.38. The number of nitrogens with zero attached hydrogens (tertiary/aromatic N) is 2. The van der Waals surface area contributed by atoms with Crippen LogP contribution < -0.4 is 0 Å². The molecular weight excluding hydrogens is 334 g/mol. The third-order valence-corrected chi connectivity index (χ3v) is 4.87. The molecular formula is C20H24ClN3O. The third kappa shape index (κ3) is 3.23. The molecule has 5 heteroatoms. The molecule has 132 valence electrons. The van der Waals surface area contributed by atoms with Gasteiger partial charge in [-0.15, -0.1) is 5.10 Å². The average Bonchev–Trinajstić information content (AvgIpc) is 2.93. The van der Waals surface area contributed by atoms with Crippen molar-refractivity contribution in [1.29, 1.82) is 0 Å². The number of benzene rings is 2. The fraction of sp³-hybridized carbons (Fsp3) is 0.400. The Kier molecular flexibility index (Phi) is 4.07. The molecule has 0 atom stereocenters. The van der Waals surface area contributed by atoms with Gasteiger partial charge in [0.2, 0.25) is 0 Å². The van der Waals surface area contributed by atoms with E-state index in [1.54, 1.807) is 6.07 Å². The van der Waals surface area contributed by atoms with Crippen LogP contribution >= 0.6 is 11.6 Å². The summed E-state index contributed by atoms with van der Waals surface area (Å²) in [6.07, 6.45) is 0. The van der Waals surface area contributed by atoms with E-state index in [1.807, 2.05) is 0 Å². The second kappa shape index (κ2) is 5.73. The Labute approximate surface area is 153 Å². The number of phenolic OH excluding ortho intramolecular Hbond substituents is 1. The lowest BCUT2D eigenvalue weighted by Gasteiger charge is -2.26. The molecule has 0 fully saturated rings. The summed E-state index contributed by atoms with van der Waals surface area (Å²) in [6, 6.07) is 8.06. The van der Waals surface area contributed by atoms with Crippen molar-refractivity contribution in [2.45, 2.75) is 52.4 Å². The van der Waals surface area contributed by atoms with Crippen molar-refractivity contribution in [2.75, 3.05) is 0 Å². The van der Waals surface area contributed by atoms with Gasteiger partial charge in [-0.3, -0.25) is 5.10 Å². The highest BCUT2D eigenvalue weighted by Gasteiger charge is 2.23. The van der Waals surface area contributed by atoms with Gasteiger partial charge in [0.1, 0.15) is 11.3 Å². The van der Waals surface area contributed by atoms with E-state index in [0.29, 0.717) is 21.6 Å². The minimum Gasteiger partial charge on any atom is -0.506 e. The molecule has 0 saturated heterocycles. The molecule has 1 heterocycles. The highest BCUT2D eigenvalue weighted by molar-refractivity contribution is 6.36. The van der Waals surface area contributed by atoms with E-state index in [-0.39, 0.29) is 16.6 Å². The molecule has 3 aromatic rings. The van der Waals surface area contributed by atoms with E-state index in [4.69, 9.17) is 11.6 Å². The number of hydrogen-bond acceptors (Lipinski definition) is 3. The molecule has 0 radical (unpaired) electrons. The van der Waals surface area contributed by atoms with Crippen LogP contribution in [0.1, 0.15) is 52.7 Å². The van der Waals surface area contributed by atoms with Crippen molar-refractivity contribution in [1.82, 2.24) is 15.4 Å². The number of fused-ring (bicyclic) bond motifs is 1. The molecule has 0 spiro atoms. The number of aromatic hydroxyl groups is 1. The summed E-state index contributed by atoms with van der Waals surface area (Å²) in [7, 11) is 0. The van der Waals surface area contributed by atoms with Gasteiger partial charge in [-0.2, -0.15) is 0 Å². The lowest BCUT2D eigenvalue weighted by molar-refractivity contribution is 0.476. The molecule has 0 saturated carbocycles. The predicted molar refractivity (Wildman–Crippen MR) is 103 cm³/mol. The Bertz CT molecular complexity index is 914. The molecule has 1 aromatic heterocycles. The number of aromatic nitrogens is 3. The largest absolute Gasteiger partial charge is 0.506 e. The number of aromatic amines is 1. The molecule has 0 amide bonds. The van der Waals surface area contributed by atoms with Gasteiger partial charge in [-0.25, -0.2) is 0 Å². The zero-order chi connectivity index (χ0) is 18.6. The van der Waals surface area contributed by atoms with Crippen molar-refractivity contribution in [3.05, 3.63) is 40.4 Å². The Morgan fingerprint density at radius 2 is 1.48 bits per heavy atom. The molecule has 3 rings (SSSR count). The summed E-state index contributed by atoms with van der Waals surface area (Å²) in [6.45, 7) is 13.1. The molecule has 2 aromatic carbocycles. The van der Waals surface area contributed by atoms with Crippen LogP contribution in [0.5, 0.6) is 5.75 Å². The first-order valence-electron chi connectivity index (χ1n) is 8.37. The van der Waals surface area contributed by atoms with E-state index in [0.717, 1.165) is 5.56 Å². The summed E-state index contributed by atoms with van der Waals surface area (Å²) in [5.41, 5.74) is 5.38. The molecule has 0 bridgehead atoms. The fourth-order valence-electron chi connectivity index (χ4n) is 2.85. The van der Waals surface area contributed by atoms with Crippen LogP contribution in [0.25, 0.3) is 22.2 Å². The summed E-state index contributed by atoms with van der Waals surface area (Å²) in [5.74, 6) is 0.0219. The van der Waals surface area contributed by atoms with Crippen LogP contribution in [0.4, 0.5) is 0 Å². The first-order chi connectivity index (χ1) is 11.5. The zero-order valence-electron chi connectivity index (χ0n) is 15.5. The van der Waals surface area contributed by atoms with Gasteiger partial charge in [0.05, 0.1) is 10.5 Å². The van der Waals surface area contributed by atoms with E-state index in [9.17, 15) is 5.11 Å². The first-order valence-corrected chi connectivity index (χ1v) is 8.75. The molecule has 0 aliphatic rings. The van der Waals surface area contributed by atoms with Crippen molar-refractivity contribution in [3.8, 4) is 16.9 Å². The number of hydrogen-bond donors (Lipinski definition) is 2. The quantitative estimate of drug-likeness (QED) is 0.597. The van der Waals surface area contributed by atoms with Gasteiger partial charge in [0.25, 0.3) is 0 Å². The lowest BCUT2D eigenvalue weighted by Crippen LogP contribution is -2.16. The SMILES string of the molecule is CC(C)(C)c1cc(-c2c(Cl)c(O)cc3[nH]nnc23)cc(C(C)(C)C)c1. The minimum absolute atomic E-state index is 0.0117. The van der Waals surface area contributed by atoms with Gasteiger partial charge in [0.15, 0.2) is 0 Å². The summed E-state index contributed by atoms with van der Waals surface area (Å²) < 4.78 is 0. The average molecular weight is 358 g/mol. The van der Waals surface area contributed by atoms with E-state index in [2.05, 4.69) is 75.2 Å². The maximum atomic E-state index is 10.2. The van der Waals surface area contributed by atoms with Crippen molar-refractivity contribution in [3.63, 3.8) is 0 Å². The number of nitrogens with one attached hydrogen (secondary N) is 1. The van der Waals surface area contributed by atoms with Crippen LogP contribution in [0.2, 0.25) is 5.02 Å². The topological polar surface area (TPSA) is 61.8 Å². The number of H-pyrrole nitrogens is 1. The van der Waals surface area contributed by atoms with Crippen LogP contribution in [-0.4, -0.2) is 20.5 Å². The van der Waals surface area contributed by atoms with Gasteiger partial charge >= 0.3 is 0 Å².